The molecule has 0 radical (unpaired) electrons. The van der Waals surface area contributed by atoms with E-state index >= 15 is 0 Å². The van der Waals surface area contributed by atoms with Crippen LogP contribution in [0, 0.1) is 5.92 Å². The Kier molecular flexibility index (Phi) is 7.62. The minimum Gasteiger partial charge on any atom is -0.598 e. The molecule has 0 aromatic rings. The Morgan fingerprint density at radius 2 is 1.44 bits per heavy atom. The van der Waals surface area contributed by atoms with Crippen LogP contribution in [0.25, 0.3) is 0 Å². The highest BCUT2D eigenvalue weighted by molar-refractivity contribution is 7.90. The van der Waals surface area contributed by atoms with Crippen molar-refractivity contribution in [3.63, 3.8) is 0 Å². The standard InChI is InChI=1S/C22H45NO2SSi/c1-20(2,3)26(24)23-22(18-12-10-9-11-13-18)16-14-19(15-17-22)25-27(7,8)21(4,5)6/h18-19,23H,9-17H2,1-8H3. The van der Waals surface area contributed by atoms with Crippen molar-refractivity contribution in [1.82, 2.24) is 4.72 Å². The molecule has 0 spiro atoms. The van der Waals surface area contributed by atoms with Gasteiger partial charge in [-0.25, -0.2) is 0 Å². The normalized spacial score (nSPS) is 30.3. The second-order valence-corrected chi connectivity index (χ2v) is 18.3. The molecule has 0 aliphatic heterocycles. The zero-order valence-corrected chi connectivity index (χ0v) is 21.1. The van der Waals surface area contributed by atoms with Crippen LogP contribution in [0.4, 0.5) is 0 Å². The molecule has 0 aromatic carbocycles. The minimum absolute atomic E-state index is 0.0475. The third kappa shape index (κ3) is 5.97. The summed E-state index contributed by atoms with van der Waals surface area (Å²) in [4.78, 5) is 0. The molecule has 2 saturated carbocycles. The average Bonchev–Trinajstić information content (AvgIpc) is 2.55. The third-order valence-corrected chi connectivity index (χ3v) is 13.6. The van der Waals surface area contributed by atoms with Crippen LogP contribution >= 0.6 is 0 Å². The quantitative estimate of drug-likeness (QED) is 0.422. The fourth-order valence-corrected chi connectivity index (χ4v) is 6.87. The molecule has 3 nitrogen and oxygen atoms in total. The van der Waals surface area contributed by atoms with Gasteiger partial charge in [-0.15, -0.1) is 4.72 Å². The van der Waals surface area contributed by atoms with Crippen molar-refractivity contribution >= 4 is 19.7 Å². The molecule has 0 saturated heterocycles. The number of hydrogen-bond donors (Lipinski definition) is 1. The molecule has 1 N–H and O–H groups in total. The molecule has 0 heterocycles. The largest absolute Gasteiger partial charge is 0.598 e. The first-order chi connectivity index (χ1) is 12.3. The fraction of sp³-hybridized carbons (Fsp3) is 1.00. The van der Waals surface area contributed by atoms with Crippen LogP contribution in [-0.4, -0.2) is 29.3 Å². The van der Waals surface area contributed by atoms with Gasteiger partial charge in [-0.2, -0.15) is 0 Å². The molecule has 160 valence electrons. The van der Waals surface area contributed by atoms with E-state index in [1.807, 2.05) is 0 Å². The maximum Gasteiger partial charge on any atom is 0.192 e. The van der Waals surface area contributed by atoms with Gasteiger partial charge in [0, 0.05) is 17.5 Å². The molecule has 2 fully saturated rings. The van der Waals surface area contributed by atoms with Crippen LogP contribution in [0.5, 0.6) is 0 Å². The molecule has 1 atom stereocenters. The van der Waals surface area contributed by atoms with Crippen LogP contribution in [-0.2, 0) is 15.8 Å². The van der Waals surface area contributed by atoms with Crippen molar-refractivity contribution in [1.29, 1.82) is 0 Å². The van der Waals surface area contributed by atoms with E-state index in [9.17, 15) is 4.55 Å². The molecule has 0 bridgehead atoms. The summed E-state index contributed by atoms with van der Waals surface area (Å²) < 4.78 is 23.2. The molecule has 0 amide bonds. The highest BCUT2D eigenvalue weighted by Gasteiger charge is 2.48. The summed E-state index contributed by atoms with van der Waals surface area (Å²) in [6.45, 7) is 17.9. The Morgan fingerprint density at radius 1 is 0.926 bits per heavy atom. The molecule has 5 heteroatoms. The van der Waals surface area contributed by atoms with Crippen molar-refractivity contribution in [2.75, 3.05) is 0 Å². The van der Waals surface area contributed by atoms with E-state index < -0.39 is 19.7 Å². The van der Waals surface area contributed by atoms with Crippen molar-refractivity contribution in [2.24, 2.45) is 5.92 Å². The van der Waals surface area contributed by atoms with E-state index in [0.29, 0.717) is 12.0 Å². The van der Waals surface area contributed by atoms with Crippen molar-refractivity contribution in [3.05, 3.63) is 0 Å². The summed E-state index contributed by atoms with van der Waals surface area (Å²) >= 11 is -1.00. The Morgan fingerprint density at radius 3 is 1.89 bits per heavy atom. The van der Waals surface area contributed by atoms with E-state index in [1.54, 1.807) is 0 Å². The fourth-order valence-electron chi connectivity index (χ4n) is 4.40. The zero-order chi connectivity index (χ0) is 20.5. The third-order valence-electron chi connectivity index (χ3n) is 7.33. The van der Waals surface area contributed by atoms with E-state index in [0.717, 1.165) is 25.7 Å². The van der Waals surface area contributed by atoms with Crippen LogP contribution in [0.1, 0.15) is 99.3 Å². The van der Waals surface area contributed by atoms with Crippen molar-refractivity contribution < 1.29 is 8.98 Å². The predicted molar refractivity (Wildman–Crippen MR) is 121 cm³/mol. The van der Waals surface area contributed by atoms with Crippen LogP contribution in [0.3, 0.4) is 0 Å². The van der Waals surface area contributed by atoms with Gasteiger partial charge in [0.2, 0.25) is 0 Å². The minimum atomic E-state index is -1.72. The summed E-state index contributed by atoms with van der Waals surface area (Å²) in [5.74, 6) is 0.673. The summed E-state index contributed by atoms with van der Waals surface area (Å²) in [5.41, 5.74) is 0.0475. The second-order valence-electron chi connectivity index (χ2n) is 11.6. The monoisotopic (exact) mass is 415 g/mol. The van der Waals surface area contributed by atoms with Crippen molar-refractivity contribution in [2.45, 2.75) is 134 Å². The molecule has 27 heavy (non-hydrogen) atoms. The lowest BCUT2D eigenvalue weighted by Gasteiger charge is -2.49. The Labute approximate surface area is 173 Å². The van der Waals surface area contributed by atoms with Crippen LogP contribution in [0.2, 0.25) is 18.1 Å². The summed E-state index contributed by atoms with van der Waals surface area (Å²) in [7, 11) is -1.72. The Hall–Kier alpha value is 0.447. The average molecular weight is 416 g/mol. The second kappa shape index (κ2) is 8.67. The van der Waals surface area contributed by atoms with Gasteiger partial charge in [-0.1, -0.05) is 40.0 Å². The van der Waals surface area contributed by atoms with Gasteiger partial charge in [0.25, 0.3) is 0 Å². The van der Waals surface area contributed by atoms with Gasteiger partial charge >= 0.3 is 0 Å². The molecule has 2 aliphatic carbocycles. The lowest BCUT2D eigenvalue weighted by atomic mass is 9.67. The van der Waals surface area contributed by atoms with Gasteiger partial charge in [-0.3, -0.25) is 0 Å². The summed E-state index contributed by atoms with van der Waals surface area (Å²) in [6.07, 6.45) is 11.4. The molecular weight excluding hydrogens is 370 g/mol. The summed E-state index contributed by atoms with van der Waals surface area (Å²) in [6, 6.07) is 0. The maximum atomic E-state index is 13.0. The predicted octanol–water partition coefficient (Wildman–Crippen LogP) is 6.32. The van der Waals surface area contributed by atoms with E-state index in [2.05, 4.69) is 59.4 Å². The maximum absolute atomic E-state index is 13.0. The number of rotatable bonds is 5. The molecule has 2 rings (SSSR count). The van der Waals surface area contributed by atoms with Crippen LogP contribution in [0.15, 0.2) is 0 Å². The van der Waals surface area contributed by atoms with Gasteiger partial charge in [0.05, 0.1) is 5.54 Å². The van der Waals surface area contributed by atoms with Gasteiger partial charge < -0.3 is 8.98 Å². The number of hydrogen-bond acceptors (Lipinski definition) is 3. The first-order valence-electron chi connectivity index (χ1n) is 11.1. The summed E-state index contributed by atoms with van der Waals surface area (Å²) in [5, 5.41) is 0.261. The highest BCUT2D eigenvalue weighted by Crippen LogP contribution is 2.45. The van der Waals surface area contributed by atoms with Gasteiger partial charge in [-0.05, 0) is 83.3 Å². The lowest BCUT2D eigenvalue weighted by Crippen LogP contribution is -2.60. The van der Waals surface area contributed by atoms with Crippen molar-refractivity contribution in [3.8, 4) is 0 Å². The number of nitrogens with one attached hydrogen (secondary N) is 1. The van der Waals surface area contributed by atoms with Gasteiger partial charge in [0.1, 0.15) is 4.75 Å². The molecule has 1 unspecified atom stereocenters. The van der Waals surface area contributed by atoms with E-state index in [1.165, 1.54) is 32.1 Å². The van der Waals surface area contributed by atoms with E-state index in [4.69, 9.17) is 4.43 Å². The topological polar surface area (TPSA) is 44.3 Å². The lowest BCUT2D eigenvalue weighted by molar-refractivity contribution is 0.0610. The van der Waals surface area contributed by atoms with E-state index in [-0.39, 0.29) is 15.3 Å². The first-order valence-corrected chi connectivity index (χ1v) is 15.2. The molecular formula is C22H45NO2SSi. The van der Waals surface area contributed by atoms with Crippen LogP contribution < -0.4 is 4.72 Å². The SMILES string of the molecule is CC(C)(C)[S+]([O-])NC1(C2CCCCC2)CCC(O[Si](C)(C)C(C)(C)C)CC1. The smallest absolute Gasteiger partial charge is 0.192 e. The zero-order valence-electron chi connectivity index (χ0n) is 19.2. The Bertz CT molecular complexity index is 470. The molecule has 0 aromatic heterocycles. The first kappa shape index (κ1) is 23.7. The highest BCUT2D eigenvalue weighted by atomic mass is 32.2. The Balaban J connectivity index is 2.09. The molecule has 2 aliphatic rings. The van der Waals surface area contributed by atoms with Gasteiger partial charge in [0.15, 0.2) is 8.32 Å².